The van der Waals surface area contributed by atoms with Gasteiger partial charge in [0.15, 0.2) is 0 Å². The lowest BCUT2D eigenvalue weighted by atomic mass is 10.1. The van der Waals surface area contributed by atoms with Gasteiger partial charge in [-0.25, -0.2) is 4.98 Å². The standard InChI is InChI=1S/C18H20N4O2/c1-24-7-3-2-4-17(23)22-16-9-15(10-19-12-16)14-8-13-5-6-20-18(13)21-11-14/h5-6,8-12H,2-4,7H2,1H3,(H,20,21)(H,22,23). The summed E-state index contributed by atoms with van der Waals surface area (Å²) in [7, 11) is 1.66. The number of carbonyl (C=O) groups is 1. The predicted molar refractivity (Wildman–Crippen MR) is 93.7 cm³/mol. The van der Waals surface area contributed by atoms with E-state index in [0.29, 0.717) is 18.7 Å². The third kappa shape index (κ3) is 3.97. The number of carbonyl (C=O) groups excluding carboxylic acids is 1. The van der Waals surface area contributed by atoms with Crippen LogP contribution >= 0.6 is 0 Å². The van der Waals surface area contributed by atoms with E-state index in [4.69, 9.17) is 4.74 Å². The number of nitrogens with one attached hydrogen (secondary N) is 2. The maximum absolute atomic E-state index is 12.0. The van der Waals surface area contributed by atoms with Crippen molar-refractivity contribution in [2.45, 2.75) is 19.3 Å². The Balaban J connectivity index is 1.68. The second-order valence-electron chi connectivity index (χ2n) is 5.60. The second kappa shape index (κ2) is 7.70. The molecule has 0 radical (unpaired) electrons. The molecular weight excluding hydrogens is 304 g/mol. The second-order valence-corrected chi connectivity index (χ2v) is 5.60. The highest BCUT2D eigenvalue weighted by Gasteiger charge is 2.06. The first kappa shape index (κ1) is 16.1. The molecule has 0 aliphatic carbocycles. The number of pyridine rings is 2. The number of hydrogen-bond donors (Lipinski definition) is 2. The fourth-order valence-electron chi connectivity index (χ4n) is 2.52. The number of hydrogen-bond acceptors (Lipinski definition) is 4. The lowest BCUT2D eigenvalue weighted by Gasteiger charge is -2.07. The van der Waals surface area contributed by atoms with Crippen LogP contribution in [-0.4, -0.2) is 34.6 Å². The summed E-state index contributed by atoms with van der Waals surface area (Å²) in [6.07, 6.45) is 9.24. The Kier molecular flexibility index (Phi) is 5.18. The average Bonchev–Trinajstić information content (AvgIpc) is 3.06. The summed E-state index contributed by atoms with van der Waals surface area (Å²) in [5.41, 5.74) is 3.43. The zero-order chi connectivity index (χ0) is 16.8. The molecular formula is C18H20N4O2. The Bertz CT molecular complexity index is 829. The molecule has 6 heteroatoms. The van der Waals surface area contributed by atoms with Gasteiger partial charge in [-0.2, -0.15) is 0 Å². The van der Waals surface area contributed by atoms with Crippen molar-refractivity contribution in [1.82, 2.24) is 15.0 Å². The molecule has 0 atom stereocenters. The van der Waals surface area contributed by atoms with Crippen LogP contribution in [-0.2, 0) is 9.53 Å². The molecule has 1 amide bonds. The Labute approximate surface area is 140 Å². The van der Waals surface area contributed by atoms with Gasteiger partial charge in [-0.05, 0) is 31.0 Å². The molecule has 0 saturated carbocycles. The first-order chi connectivity index (χ1) is 11.8. The Hall–Kier alpha value is -2.73. The van der Waals surface area contributed by atoms with Gasteiger partial charge in [0.25, 0.3) is 0 Å². The monoisotopic (exact) mass is 324 g/mol. The summed E-state index contributed by atoms with van der Waals surface area (Å²) in [6, 6.07) is 5.94. The van der Waals surface area contributed by atoms with Crippen molar-refractivity contribution in [3.63, 3.8) is 0 Å². The highest BCUT2D eigenvalue weighted by molar-refractivity contribution is 5.91. The molecule has 3 aromatic rings. The lowest BCUT2D eigenvalue weighted by Crippen LogP contribution is -2.11. The normalized spacial score (nSPS) is 10.9. The van der Waals surface area contributed by atoms with Gasteiger partial charge in [0.1, 0.15) is 5.65 Å². The SMILES string of the molecule is COCCCCC(=O)Nc1cncc(-c2cnc3[nH]ccc3c2)c1. The van der Waals surface area contributed by atoms with Crippen LogP contribution < -0.4 is 5.32 Å². The summed E-state index contributed by atoms with van der Waals surface area (Å²) < 4.78 is 4.98. The number of aromatic amines is 1. The molecule has 0 bridgehead atoms. The molecule has 6 nitrogen and oxygen atoms in total. The van der Waals surface area contributed by atoms with E-state index >= 15 is 0 Å². The first-order valence-corrected chi connectivity index (χ1v) is 7.93. The lowest BCUT2D eigenvalue weighted by molar-refractivity contribution is -0.116. The van der Waals surface area contributed by atoms with Crippen molar-refractivity contribution in [1.29, 1.82) is 0 Å². The largest absolute Gasteiger partial charge is 0.385 e. The molecule has 0 unspecified atom stereocenters. The summed E-state index contributed by atoms with van der Waals surface area (Å²) in [5, 5.41) is 3.93. The molecule has 2 N–H and O–H groups in total. The van der Waals surface area contributed by atoms with Crippen LogP contribution in [0.2, 0.25) is 0 Å². The number of amides is 1. The number of ether oxygens (including phenoxy) is 1. The van der Waals surface area contributed by atoms with Crippen LogP contribution in [0.5, 0.6) is 0 Å². The molecule has 0 saturated heterocycles. The van der Waals surface area contributed by atoms with Crippen molar-refractivity contribution in [3.05, 3.63) is 43.0 Å². The molecule has 3 heterocycles. The van der Waals surface area contributed by atoms with E-state index in [1.54, 1.807) is 25.7 Å². The number of methoxy groups -OCH3 is 1. The molecule has 3 aromatic heterocycles. The van der Waals surface area contributed by atoms with Gasteiger partial charge in [0.05, 0.1) is 11.9 Å². The van der Waals surface area contributed by atoms with Crippen molar-refractivity contribution >= 4 is 22.6 Å². The summed E-state index contributed by atoms with van der Waals surface area (Å²) in [5.74, 6) is -0.00994. The van der Waals surface area contributed by atoms with E-state index in [-0.39, 0.29) is 5.91 Å². The molecule has 24 heavy (non-hydrogen) atoms. The van der Waals surface area contributed by atoms with Gasteiger partial charge in [0.2, 0.25) is 5.91 Å². The number of aromatic nitrogens is 3. The predicted octanol–water partition coefficient (Wildman–Crippen LogP) is 3.38. The van der Waals surface area contributed by atoms with Gasteiger partial charge in [-0.3, -0.25) is 9.78 Å². The Morgan fingerprint density at radius 2 is 2.08 bits per heavy atom. The van der Waals surface area contributed by atoms with Crippen LogP contribution in [0.1, 0.15) is 19.3 Å². The summed E-state index contributed by atoms with van der Waals surface area (Å²) in [4.78, 5) is 23.6. The Morgan fingerprint density at radius 1 is 1.21 bits per heavy atom. The number of fused-ring (bicyclic) bond motifs is 1. The van der Waals surface area contributed by atoms with Gasteiger partial charge in [-0.15, -0.1) is 0 Å². The quantitative estimate of drug-likeness (QED) is 0.653. The number of rotatable bonds is 7. The zero-order valence-corrected chi connectivity index (χ0v) is 13.6. The maximum Gasteiger partial charge on any atom is 0.224 e. The fraction of sp³-hybridized carbons (Fsp3) is 0.278. The van der Waals surface area contributed by atoms with Gasteiger partial charge in [0, 0.05) is 55.2 Å². The van der Waals surface area contributed by atoms with Gasteiger partial charge < -0.3 is 15.0 Å². The molecule has 0 aliphatic heterocycles. The third-order valence-corrected chi connectivity index (χ3v) is 3.76. The minimum Gasteiger partial charge on any atom is -0.385 e. The van der Waals surface area contributed by atoms with Crippen LogP contribution in [0, 0.1) is 0 Å². The van der Waals surface area contributed by atoms with E-state index in [9.17, 15) is 4.79 Å². The van der Waals surface area contributed by atoms with E-state index in [1.165, 1.54) is 0 Å². The molecule has 0 fully saturated rings. The van der Waals surface area contributed by atoms with Crippen LogP contribution in [0.25, 0.3) is 22.2 Å². The molecule has 0 aromatic carbocycles. The first-order valence-electron chi connectivity index (χ1n) is 7.93. The summed E-state index contributed by atoms with van der Waals surface area (Å²) >= 11 is 0. The van der Waals surface area contributed by atoms with Crippen LogP contribution in [0.15, 0.2) is 43.0 Å². The van der Waals surface area contributed by atoms with E-state index in [1.807, 2.05) is 24.4 Å². The van der Waals surface area contributed by atoms with E-state index in [0.717, 1.165) is 35.0 Å². The number of H-pyrrole nitrogens is 1. The molecule has 0 aliphatic rings. The Morgan fingerprint density at radius 3 is 2.96 bits per heavy atom. The number of nitrogens with zero attached hydrogens (tertiary/aromatic N) is 2. The zero-order valence-electron chi connectivity index (χ0n) is 13.6. The minimum absolute atomic E-state index is 0.00994. The fourth-order valence-corrected chi connectivity index (χ4v) is 2.52. The minimum atomic E-state index is -0.00994. The van der Waals surface area contributed by atoms with Crippen LogP contribution in [0.3, 0.4) is 0 Å². The molecule has 0 spiro atoms. The van der Waals surface area contributed by atoms with Crippen molar-refractivity contribution in [2.75, 3.05) is 19.0 Å². The van der Waals surface area contributed by atoms with Crippen molar-refractivity contribution in [3.8, 4) is 11.1 Å². The smallest absolute Gasteiger partial charge is 0.224 e. The highest BCUT2D eigenvalue weighted by atomic mass is 16.5. The molecule has 3 rings (SSSR count). The highest BCUT2D eigenvalue weighted by Crippen LogP contribution is 2.23. The van der Waals surface area contributed by atoms with Crippen LogP contribution in [0.4, 0.5) is 5.69 Å². The average molecular weight is 324 g/mol. The topological polar surface area (TPSA) is 79.9 Å². The van der Waals surface area contributed by atoms with E-state index in [2.05, 4.69) is 20.3 Å². The number of unbranched alkanes of at least 4 members (excludes halogenated alkanes) is 1. The van der Waals surface area contributed by atoms with Crippen molar-refractivity contribution in [2.24, 2.45) is 0 Å². The number of anilines is 1. The van der Waals surface area contributed by atoms with Gasteiger partial charge in [-0.1, -0.05) is 0 Å². The van der Waals surface area contributed by atoms with Crippen molar-refractivity contribution < 1.29 is 9.53 Å². The maximum atomic E-state index is 12.0. The molecule has 124 valence electrons. The van der Waals surface area contributed by atoms with E-state index < -0.39 is 0 Å². The third-order valence-electron chi connectivity index (χ3n) is 3.76. The summed E-state index contributed by atoms with van der Waals surface area (Å²) in [6.45, 7) is 0.680. The van der Waals surface area contributed by atoms with Gasteiger partial charge >= 0.3 is 0 Å².